The van der Waals surface area contributed by atoms with Gasteiger partial charge in [0, 0.05) is 19.2 Å². The summed E-state index contributed by atoms with van der Waals surface area (Å²) in [6.45, 7) is 0.945. The Morgan fingerprint density at radius 3 is 3.19 bits per heavy atom. The number of esters is 1. The van der Waals surface area contributed by atoms with E-state index in [1.165, 1.54) is 6.33 Å². The SMILES string of the molecule is O=C1CC[C@H](COC(=O)c2ncnc3[nH]ccc23)CCN1. The van der Waals surface area contributed by atoms with Gasteiger partial charge in [0.2, 0.25) is 5.91 Å². The highest BCUT2D eigenvalue weighted by Gasteiger charge is 2.20. The number of fused-ring (bicyclic) bond motifs is 1. The molecule has 0 aliphatic carbocycles. The predicted molar refractivity (Wildman–Crippen MR) is 74.5 cm³/mol. The van der Waals surface area contributed by atoms with Gasteiger partial charge in [-0.05, 0) is 24.8 Å². The third-order valence-electron chi connectivity index (χ3n) is 3.65. The largest absolute Gasteiger partial charge is 0.461 e. The number of ether oxygens (including phenoxy) is 1. The first kappa shape index (κ1) is 13.5. The summed E-state index contributed by atoms with van der Waals surface area (Å²) in [5.74, 6) is -0.185. The van der Waals surface area contributed by atoms with Gasteiger partial charge in [0.05, 0.1) is 12.0 Å². The lowest BCUT2D eigenvalue weighted by Gasteiger charge is -2.13. The molecule has 3 heterocycles. The molecule has 1 saturated heterocycles. The van der Waals surface area contributed by atoms with Gasteiger partial charge >= 0.3 is 5.97 Å². The molecular weight excluding hydrogens is 272 g/mol. The van der Waals surface area contributed by atoms with E-state index in [1.54, 1.807) is 12.3 Å². The van der Waals surface area contributed by atoms with E-state index >= 15 is 0 Å². The summed E-state index contributed by atoms with van der Waals surface area (Å²) in [7, 11) is 0. The third-order valence-corrected chi connectivity index (χ3v) is 3.65. The Hall–Kier alpha value is -2.44. The van der Waals surface area contributed by atoms with Crippen molar-refractivity contribution in [1.82, 2.24) is 20.3 Å². The van der Waals surface area contributed by atoms with Crippen LogP contribution in [0, 0.1) is 5.92 Å². The molecule has 0 aromatic carbocycles. The minimum atomic E-state index is -0.453. The topological polar surface area (TPSA) is 97.0 Å². The van der Waals surface area contributed by atoms with Crippen LogP contribution in [0.25, 0.3) is 11.0 Å². The Bertz CT molecular complexity index is 667. The standard InChI is InChI=1S/C14H16N4O3/c19-11-2-1-9(3-5-15-11)7-21-14(20)12-10-4-6-16-13(10)18-8-17-12/h4,6,8-9H,1-3,5,7H2,(H,15,19)(H,16,17,18)/t9-/m0/s1. The summed E-state index contributed by atoms with van der Waals surface area (Å²) >= 11 is 0. The number of carbonyl (C=O) groups excluding carboxylic acids is 2. The summed E-state index contributed by atoms with van der Waals surface area (Å²) in [6, 6.07) is 1.75. The van der Waals surface area contributed by atoms with Crippen LogP contribution in [0.2, 0.25) is 0 Å². The van der Waals surface area contributed by atoms with Crippen molar-refractivity contribution < 1.29 is 14.3 Å². The first-order chi connectivity index (χ1) is 10.2. The maximum atomic E-state index is 12.1. The molecule has 0 saturated carbocycles. The maximum Gasteiger partial charge on any atom is 0.357 e. The molecule has 0 spiro atoms. The monoisotopic (exact) mass is 288 g/mol. The lowest BCUT2D eigenvalue weighted by molar-refractivity contribution is -0.120. The fraction of sp³-hybridized carbons (Fsp3) is 0.429. The zero-order valence-electron chi connectivity index (χ0n) is 11.5. The Morgan fingerprint density at radius 2 is 2.29 bits per heavy atom. The van der Waals surface area contributed by atoms with Gasteiger partial charge in [0.15, 0.2) is 5.69 Å². The Balaban J connectivity index is 1.64. The molecule has 110 valence electrons. The van der Waals surface area contributed by atoms with Crippen LogP contribution >= 0.6 is 0 Å². The normalized spacial score (nSPS) is 19.0. The first-order valence-electron chi connectivity index (χ1n) is 6.96. The van der Waals surface area contributed by atoms with Gasteiger partial charge in [0.25, 0.3) is 0 Å². The quantitative estimate of drug-likeness (QED) is 0.822. The molecule has 0 radical (unpaired) electrons. The Labute approximate surface area is 121 Å². The lowest BCUT2D eigenvalue weighted by atomic mass is 10.0. The highest BCUT2D eigenvalue weighted by atomic mass is 16.5. The van der Waals surface area contributed by atoms with Crippen molar-refractivity contribution in [3.05, 3.63) is 24.3 Å². The van der Waals surface area contributed by atoms with Gasteiger partial charge in [0.1, 0.15) is 12.0 Å². The first-order valence-corrected chi connectivity index (χ1v) is 6.96. The molecule has 0 unspecified atom stereocenters. The molecule has 7 heteroatoms. The zero-order valence-corrected chi connectivity index (χ0v) is 11.5. The number of H-pyrrole nitrogens is 1. The van der Waals surface area contributed by atoms with E-state index in [0.717, 1.165) is 12.8 Å². The van der Waals surface area contributed by atoms with E-state index in [4.69, 9.17) is 4.74 Å². The summed E-state index contributed by atoms with van der Waals surface area (Å²) in [5, 5.41) is 3.46. The van der Waals surface area contributed by atoms with E-state index < -0.39 is 5.97 Å². The van der Waals surface area contributed by atoms with Gasteiger partial charge in [-0.25, -0.2) is 14.8 Å². The van der Waals surface area contributed by atoms with Crippen molar-refractivity contribution in [3.63, 3.8) is 0 Å². The van der Waals surface area contributed by atoms with Gasteiger partial charge in [-0.15, -0.1) is 0 Å². The number of rotatable bonds is 3. The van der Waals surface area contributed by atoms with Crippen LogP contribution in [-0.4, -0.2) is 40.0 Å². The van der Waals surface area contributed by atoms with Crippen LogP contribution < -0.4 is 5.32 Å². The average Bonchev–Trinajstić information content (AvgIpc) is 2.88. The molecule has 1 amide bonds. The van der Waals surface area contributed by atoms with Crippen LogP contribution in [-0.2, 0) is 9.53 Å². The smallest absolute Gasteiger partial charge is 0.357 e. The van der Waals surface area contributed by atoms with Gasteiger partial charge < -0.3 is 15.0 Å². The molecule has 1 fully saturated rings. The van der Waals surface area contributed by atoms with Crippen molar-refractivity contribution in [2.75, 3.05) is 13.2 Å². The molecule has 1 aliphatic heterocycles. The number of aromatic amines is 1. The third kappa shape index (κ3) is 3.01. The Morgan fingerprint density at radius 1 is 1.38 bits per heavy atom. The van der Waals surface area contributed by atoms with E-state index in [0.29, 0.717) is 30.6 Å². The number of hydrogen-bond acceptors (Lipinski definition) is 5. The summed E-state index contributed by atoms with van der Waals surface area (Å²) < 4.78 is 5.35. The number of aromatic nitrogens is 3. The van der Waals surface area contributed by atoms with E-state index in [1.807, 2.05) is 0 Å². The van der Waals surface area contributed by atoms with Crippen molar-refractivity contribution in [2.45, 2.75) is 19.3 Å². The number of hydrogen-bond donors (Lipinski definition) is 2. The van der Waals surface area contributed by atoms with Crippen LogP contribution in [0.15, 0.2) is 18.6 Å². The van der Waals surface area contributed by atoms with Crippen LogP contribution in [0.1, 0.15) is 29.8 Å². The minimum absolute atomic E-state index is 0.0636. The highest BCUT2D eigenvalue weighted by molar-refractivity contribution is 6.00. The van der Waals surface area contributed by atoms with E-state index in [9.17, 15) is 9.59 Å². The summed E-state index contributed by atoms with van der Waals surface area (Å²) in [5.41, 5.74) is 0.880. The lowest BCUT2D eigenvalue weighted by Crippen LogP contribution is -2.21. The molecule has 21 heavy (non-hydrogen) atoms. The summed E-state index contributed by atoms with van der Waals surface area (Å²) in [6.07, 6.45) is 5.09. The average molecular weight is 288 g/mol. The maximum absolute atomic E-state index is 12.1. The van der Waals surface area contributed by atoms with Crippen LogP contribution in [0.5, 0.6) is 0 Å². The van der Waals surface area contributed by atoms with Crippen LogP contribution in [0.3, 0.4) is 0 Å². The zero-order chi connectivity index (χ0) is 14.7. The van der Waals surface area contributed by atoms with Crippen molar-refractivity contribution in [2.24, 2.45) is 5.92 Å². The second kappa shape index (κ2) is 5.90. The van der Waals surface area contributed by atoms with Gasteiger partial charge in [-0.2, -0.15) is 0 Å². The number of amides is 1. The molecule has 7 nitrogen and oxygen atoms in total. The molecule has 1 atom stereocenters. The van der Waals surface area contributed by atoms with Crippen LogP contribution in [0.4, 0.5) is 0 Å². The number of carbonyl (C=O) groups is 2. The molecule has 0 bridgehead atoms. The Kier molecular flexibility index (Phi) is 3.81. The van der Waals surface area contributed by atoms with Gasteiger partial charge in [-0.1, -0.05) is 0 Å². The van der Waals surface area contributed by atoms with Gasteiger partial charge in [-0.3, -0.25) is 4.79 Å². The van der Waals surface area contributed by atoms with E-state index in [2.05, 4.69) is 20.3 Å². The van der Waals surface area contributed by atoms with Crippen molar-refractivity contribution in [3.8, 4) is 0 Å². The molecule has 3 rings (SSSR count). The van der Waals surface area contributed by atoms with E-state index in [-0.39, 0.29) is 17.5 Å². The fourth-order valence-corrected chi connectivity index (χ4v) is 2.45. The van der Waals surface area contributed by atoms with Crippen molar-refractivity contribution >= 4 is 22.9 Å². The number of nitrogens with one attached hydrogen (secondary N) is 2. The molecule has 2 aromatic heterocycles. The second-order valence-corrected chi connectivity index (χ2v) is 5.10. The molecule has 2 N–H and O–H groups in total. The van der Waals surface area contributed by atoms with Crippen molar-refractivity contribution in [1.29, 1.82) is 0 Å². The minimum Gasteiger partial charge on any atom is -0.461 e. The molecule has 1 aliphatic rings. The fourth-order valence-electron chi connectivity index (χ4n) is 2.45. The highest BCUT2D eigenvalue weighted by Crippen LogP contribution is 2.17. The molecular formula is C14H16N4O3. The molecule has 2 aromatic rings. The second-order valence-electron chi connectivity index (χ2n) is 5.10. The summed E-state index contributed by atoms with van der Waals surface area (Å²) in [4.78, 5) is 34.4. The predicted octanol–water partition coefficient (Wildman–Crippen LogP) is 1.03. The number of nitrogens with zero attached hydrogens (tertiary/aromatic N) is 2.